The molecular formula is C19H23FN4O3. The maximum atomic E-state index is 15.1. The quantitative estimate of drug-likeness (QED) is 0.846. The SMILES string of the molecule is COc1cc(F)c(N2C[C@@H]3CCC(N)[C@@H]3C2)c2c(=O)[nH]c(=O)n(C3CC3)c12. The topological polar surface area (TPSA) is 93.3 Å². The van der Waals surface area contributed by atoms with E-state index in [2.05, 4.69) is 4.98 Å². The minimum atomic E-state index is -0.568. The Hall–Kier alpha value is -2.35. The minimum absolute atomic E-state index is 0.0236. The molecule has 5 rings (SSSR count). The highest BCUT2D eigenvalue weighted by Gasteiger charge is 2.42. The molecule has 1 aliphatic heterocycles. The van der Waals surface area contributed by atoms with Gasteiger partial charge in [-0.3, -0.25) is 14.3 Å². The summed E-state index contributed by atoms with van der Waals surface area (Å²) < 4.78 is 22.0. The van der Waals surface area contributed by atoms with Crippen LogP contribution < -0.4 is 26.6 Å². The molecule has 0 amide bonds. The van der Waals surface area contributed by atoms with Gasteiger partial charge in [0.25, 0.3) is 5.56 Å². The average Bonchev–Trinajstić information content (AvgIpc) is 3.28. The number of fused-ring (bicyclic) bond motifs is 2. The van der Waals surface area contributed by atoms with Crippen LogP contribution in [0, 0.1) is 17.7 Å². The van der Waals surface area contributed by atoms with Crippen molar-refractivity contribution in [1.29, 1.82) is 0 Å². The maximum Gasteiger partial charge on any atom is 0.329 e. The fourth-order valence-corrected chi connectivity index (χ4v) is 5.02. The number of nitrogens with one attached hydrogen (secondary N) is 1. The van der Waals surface area contributed by atoms with E-state index in [1.165, 1.54) is 13.2 Å². The number of halogens is 1. The molecule has 2 saturated carbocycles. The molecule has 0 spiro atoms. The molecule has 1 aromatic heterocycles. The first kappa shape index (κ1) is 16.8. The number of aromatic amines is 1. The molecule has 1 saturated heterocycles. The Labute approximate surface area is 154 Å². The summed E-state index contributed by atoms with van der Waals surface area (Å²) in [6.45, 7) is 1.31. The number of rotatable bonds is 3. The highest BCUT2D eigenvalue weighted by Crippen LogP contribution is 2.44. The lowest BCUT2D eigenvalue weighted by atomic mass is 9.98. The minimum Gasteiger partial charge on any atom is -0.494 e. The number of H-pyrrole nitrogens is 1. The van der Waals surface area contributed by atoms with Crippen molar-refractivity contribution in [3.63, 3.8) is 0 Å². The van der Waals surface area contributed by atoms with Crippen molar-refractivity contribution >= 4 is 16.6 Å². The van der Waals surface area contributed by atoms with Gasteiger partial charge in [-0.2, -0.15) is 0 Å². The van der Waals surface area contributed by atoms with Crippen molar-refractivity contribution in [2.75, 3.05) is 25.1 Å². The van der Waals surface area contributed by atoms with Gasteiger partial charge in [-0.1, -0.05) is 0 Å². The molecule has 8 heteroatoms. The zero-order valence-electron chi connectivity index (χ0n) is 15.2. The van der Waals surface area contributed by atoms with Crippen LogP contribution in [0.15, 0.2) is 15.7 Å². The van der Waals surface area contributed by atoms with E-state index < -0.39 is 17.1 Å². The Bertz CT molecular complexity index is 1040. The van der Waals surface area contributed by atoms with Gasteiger partial charge in [0.2, 0.25) is 0 Å². The normalized spacial score (nSPS) is 27.4. The van der Waals surface area contributed by atoms with E-state index in [0.29, 0.717) is 30.4 Å². The van der Waals surface area contributed by atoms with Crippen LogP contribution >= 0.6 is 0 Å². The predicted molar refractivity (Wildman–Crippen MR) is 100 cm³/mol. The summed E-state index contributed by atoms with van der Waals surface area (Å²) >= 11 is 0. The fourth-order valence-electron chi connectivity index (χ4n) is 5.02. The molecule has 27 heavy (non-hydrogen) atoms. The van der Waals surface area contributed by atoms with Gasteiger partial charge in [0.05, 0.1) is 18.2 Å². The third-order valence-corrected chi connectivity index (χ3v) is 6.46. The average molecular weight is 374 g/mol. The first-order valence-electron chi connectivity index (χ1n) is 9.55. The predicted octanol–water partition coefficient (Wildman–Crippen LogP) is 1.35. The molecule has 0 radical (unpaired) electrons. The van der Waals surface area contributed by atoms with Gasteiger partial charge in [0.1, 0.15) is 11.3 Å². The van der Waals surface area contributed by atoms with Crippen molar-refractivity contribution in [3.05, 3.63) is 32.7 Å². The molecule has 3 atom stereocenters. The summed E-state index contributed by atoms with van der Waals surface area (Å²) in [5.74, 6) is 0.455. The second kappa shape index (κ2) is 5.82. The van der Waals surface area contributed by atoms with Crippen molar-refractivity contribution in [2.24, 2.45) is 17.6 Å². The molecule has 2 heterocycles. The smallest absolute Gasteiger partial charge is 0.329 e. The van der Waals surface area contributed by atoms with Crippen LogP contribution in [0.5, 0.6) is 5.75 Å². The molecule has 7 nitrogen and oxygen atoms in total. The lowest BCUT2D eigenvalue weighted by Gasteiger charge is -2.24. The first-order valence-corrected chi connectivity index (χ1v) is 9.55. The van der Waals surface area contributed by atoms with Gasteiger partial charge in [-0.25, -0.2) is 9.18 Å². The summed E-state index contributed by atoms with van der Waals surface area (Å²) in [6.07, 6.45) is 3.75. The summed E-state index contributed by atoms with van der Waals surface area (Å²) in [6, 6.07) is 1.44. The highest BCUT2D eigenvalue weighted by molar-refractivity contribution is 5.96. The number of ether oxygens (including phenoxy) is 1. The third kappa shape index (κ3) is 2.42. The molecule has 0 bridgehead atoms. The van der Waals surface area contributed by atoms with Gasteiger partial charge >= 0.3 is 5.69 Å². The molecule has 3 fully saturated rings. The lowest BCUT2D eigenvalue weighted by Crippen LogP contribution is -2.33. The molecule has 3 N–H and O–H groups in total. The van der Waals surface area contributed by atoms with E-state index in [9.17, 15) is 9.59 Å². The Morgan fingerprint density at radius 3 is 2.67 bits per heavy atom. The number of nitrogens with zero attached hydrogens (tertiary/aromatic N) is 2. The van der Waals surface area contributed by atoms with Crippen LogP contribution in [0.25, 0.3) is 10.9 Å². The van der Waals surface area contributed by atoms with E-state index in [0.717, 1.165) is 25.7 Å². The van der Waals surface area contributed by atoms with Crippen LogP contribution in [0.4, 0.5) is 10.1 Å². The van der Waals surface area contributed by atoms with Crippen molar-refractivity contribution < 1.29 is 9.13 Å². The zero-order valence-corrected chi connectivity index (χ0v) is 15.2. The second-order valence-electron chi connectivity index (χ2n) is 8.06. The van der Waals surface area contributed by atoms with E-state index in [1.807, 2.05) is 4.90 Å². The summed E-state index contributed by atoms with van der Waals surface area (Å²) in [4.78, 5) is 29.5. The van der Waals surface area contributed by atoms with Crippen LogP contribution in [0.1, 0.15) is 31.7 Å². The number of methoxy groups -OCH3 is 1. The van der Waals surface area contributed by atoms with Crippen molar-refractivity contribution in [2.45, 2.75) is 37.8 Å². The van der Waals surface area contributed by atoms with Crippen molar-refractivity contribution in [1.82, 2.24) is 9.55 Å². The van der Waals surface area contributed by atoms with E-state index in [-0.39, 0.29) is 28.9 Å². The Balaban J connectivity index is 1.76. The molecular weight excluding hydrogens is 351 g/mol. The van der Waals surface area contributed by atoms with E-state index in [4.69, 9.17) is 10.5 Å². The fraction of sp³-hybridized carbons (Fsp3) is 0.579. The number of hydrogen-bond acceptors (Lipinski definition) is 5. The molecule has 144 valence electrons. The lowest BCUT2D eigenvalue weighted by molar-refractivity contribution is 0.413. The van der Waals surface area contributed by atoms with E-state index >= 15 is 4.39 Å². The van der Waals surface area contributed by atoms with Gasteiger partial charge < -0.3 is 15.4 Å². The van der Waals surface area contributed by atoms with Crippen LogP contribution in [-0.4, -0.2) is 35.8 Å². The molecule has 1 aromatic carbocycles. The zero-order chi connectivity index (χ0) is 18.9. The highest BCUT2D eigenvalue weighted by atomic mass is 19.1. The summed E-state index contributed by atoms with van der Waals surface area (Å²) in [7, 11) is 1.43. The number of anilines is 1. The van der Waals surface area contributed by atoms with Gasteiger partial charge in [-0.05, 0) is 37.5 Å². The Morgan fingerprint density at radius 2 is 2.00 bits per heavy atom. The Kier molecular flexibility index (Phi) is 3.62. The molecule has 1 unspecified atom stereocenters. The van der Waals surface area contributed by atoms with Crippen LogP contribution in [0.2, 0.25) is 0 Å². The third-order valence-electron chi connectivity index (χ3n) is 6.46. The van der Waals surface area contributed by atoms with Crippen LogP contribution in [0.3, 0.4) is 0 Å². The molecule has 2 aliphatic carbocycles. The molecule has 3 aliphatic rings. The van der Waals surface area contributed by atoms with Gasteiger partial charge in [0, 0.05) is 31.2 Å². The Morgan fingerprint density at radius 1 is 1.22 bits per heavy atom. The largest absolute Gasteiger partial charge is 0.494 e. The summed E-state index contributed by atoms with van der Waals surface area (Å²) in [5, 5.41) is 0.201. The van der Waals surface area contributed by atoms with Crippen LogP contribution in [-0.2, 0) is 0 Å². The maximum absolute atomic E-state index is 15.1. The molecule has 2 aromatic rings. The van der Waals surface area contributed by atoms with Crippen molar-refractivity contribution in [3.8, 4) is 5.75 Å². The number of aromatic nitrogens is 2. The summed E-state index contributed by atoms with van der Waals surface area (Å²) in [5.41, 5.74) is 5.85. The van der Waals surface area contributed by atoms with Gasteiger partial charge in [0.15, 0.2) is 5.82 Å². The number of hydrogen-bond donors (Lipinski definition) is 2. The first-order chi connectivity index (χ1) is 13.0. The van der Waals surface area contributed by atoms with Gasteiger partial charge in [-0.15, -0.1) is 0 Å². The second-order valence-corrected chi connectivity index (χ2v) is 8.06. The number of benzene rings is 1. The van der Waals surface area contributed by atoms with E-state index in [1.54, 1.807) is 4.57 Å². The number of nitrogens with two attached hydrogens (primary N) is 1. The standard InChI is InChI=1S/C19H23FN4O3/c1-27-14-6-12(20)16(23-7-9-2-5-13(21)11(9)8-23)15-17(14)24(10-3-4-10)19(26)22-18(15)25/h6,9-11,13H,2-5,7-8,21H2,1H3,(H,22,25,26)/t9-,11+,13?/m0/s1. The monoisotopic (exact) mass is 374 g/mol.